The van der Waals surface area contributed by atoms with Gasteiger partial charge in [0.25, 0.3) is 5.91 Å². The number of hydrogen-bond donors (Lipinski definition) is 1. The Labute approximate surface area is 123 Å². The van der Waals surface area contributed by atoms with Gasteiger partial charge in [0.15, 0.2) is 0 Å². The van der Waals surface area contributed by atoms with Gasteiger partial charge in [0.2, 0.25) is 0 Å². The van der Waals surface area contributed by atoms with Crippen LogP contribution >= 0.6 is 38.5 Å². The molecule has 1 aromatic rings. The molecule has 0 radical (unpaired) electrons. The summed E-state index contributed by atoms with van der Waals surface area (Å²) in [6.45, 7) is 4.21. The number of benzene rings is 1. The van der Waals surface area contributed by atoms with E-state index in [2.05, 4.69) is 50.8 Å². The van der Waals surface area contributed by atoms with Crippen molar-refractivity contribution >= 4 is 44.4 Å². The van der Waals surface area contributed by atoms with Crippen molar-refractivity contribution in [1.29, 1.82) is 0 Å². The van der Waals surface area contributed by atoms with Crippen LogP contribution in [-0.4, -0.2) is 25.7 Å². The fourth-order valence-electron chi connectivity index (χ4n) is 1.61. The zero-order chi connectivity index (χ0) is 12.5. The van der Waals surface area contributed by atoms with Crippen molar-refractivity contribution in [2.75, 3.05) is 19.8 Å². The molecule has 1 aliphatic heterocycles. The van der Waals surface area contributed by atoms with E-state index >= 15 is 0 Å². The van der Waals surface area contributed by atoms with E-state index in [0.717, 1.165) is 21.3 Å². The lowest BCUT2D eigenvalue weighted by Gasteiger charge is -2.38. The van der Waals surface area contributed by atoms with E-state index in [0.29, 0.717) is 12.1 Å². The first-order valence-corrected chi connectivity index (χ1v) is 7.18. The topological polar surface area (TPSA) is 38.3 Å². The average molecular weight is 410 g/mol. The maximum absolute atomic E-state index is 12.0. The molecule has 1 aliphatic rings. The lowest BCUT2D eigenvalue weighted by atomic mass is 9.89. The number of rotatable bonds is 3. The van der Waals surface area contributed by atoms with Crippen molar-refractivity contribution in [3.8, 4) is 0 Å². The molecular weight excluding hydrogens is 397 g/mol. The molecule has 0 bridgehead atoms. The van der Waals surface area contributed by atoms with Crippen LogP contribution < -0.4 is 5.32 Å². The van der Waals surface area contributed by atoms with Crippen LogP contribution in [0.4, 0.5) is 0 Å². The highest BCUT2D eigenvalue weighted by atomic mass is 127. The molecule has 3 nitrogen and oxygen atoms in total. The summed E-state index contributed by atoms with van der Waals surface area (Å²) < 4.78 is 7.03. The highest BCUT2D eigenvalue weighted by Crippen LogP contribution is 2.25. The highest BCUT2D eigenvalue weighted by molar-refractivity contribution is 14.1. The van der Waals surface area contributed by atoms with Crippen molar-refractivity contribution < 1.29 is 9.53 Å². The van der Waals surface area contributed by atoms with Gasteiger partial charge in [-0.15, -0.1) is 0 Å². The molecule has 0 aromatic heterocycles. The summed E-state index contributed by atoms with van der Waals surface area (Å²) in [5.74, 6) is -0.0384. The molecule has 1 saturated heterocycles. The first-order valence-electron chi connectivity index (χ1n) is 5.31. The third-order valence-corrected chi connectivity index (χ3v) is 4.11. The Hall–Kier alpha value is -0.140. The molecule has 1 fully saturated rings. The monoisotopic (exact) mass is 409 g/mol. The van der Waals surface area contributed by atoms with Gasteiger partial charge in [0, 0.05) is 20.0 Å². The zero-order valence-corrected chi connectivity index (χ0v) is 13.2. The van der Waals surface area contributed by atoms with E-state index in [1.165, 1.54) is 0 Å². The Kier molecular flexibility index (Phi) is 4.10. The molecule has 0 unspecified atom stereocenters. The Bertz CT molecular complexity index is 446. The van der Waals surface area contributed by atoms with Crippen LogP contribution in [0.1, 0.15) is 17.3 Å². The number of carbonyl (C=O) groups excluding carboxylic acids is 1. The number of ether oxygens (including phenoxy) is 1. The molecule has 1 amide bonds. The van der Waals surface area contributed by atoms with Crippen LogP contribution in [0.2, 0.25) is 0 Å². The third-order valence-electron chi connectivity index (χ3n) is 2.75. The Morgan fingerprint density at radius 2 is 2.29 bits per heavy atom. The third kappa shape index (κ3) is 3.20. The van der Waals surface area contributed by atoms with Crippen molar-refractivity contribution in [2.45, 2.75) is 6.92 Å². The van der Waals surface area contributed by atoms with E-state index < -0.39 is 0 Å². The van der Waals surface area contributed by atoms with Crippen LogP contribution in [0, 0.1) is 8.99 Å². The standard InChI is InChI=1S/C12H13BrINO2/c1-12(6-17-7-12)5-15-11(16)9-4-8(14)2-3-10(9)13/h2-4H,5-7H2,1H3,(H,15,16). The lowest BCUT2D eigenvalue weighted by Crippen LogP contribution is -2.48. The van der Waals surface area contributed by atoms with Crippen molar-refractivity contribution in [3.63, 3.8) is 0 Å². The van der Waals surface area contributed by atoms with Gasteiger partial charge in [0.1, 0.15) is 0 Å². The Morgan fingerprint density at radius 3 is 2.88 bits per heavy atom. The summed E-state index contributed by atoms with van der Waals surface area (Å²) in [5, 5.41) is 2.96. The maximum Gasteiger partial charge on any atom is 0.252 e. The predicted molar refractivity (Wildman–Crippen MR) is 78.1 cm³/mol. The first-order chi connectivity index (χ1) is 8.00. The SMILES string of the molecule is CC1(CNC(=O)c2cc(I)ccc2Br)COC1. The van der Waals surface area contributed by atoms with Crippen LogP contribution in [0.25, 0.3) is 0 Å². The summed E-state index contributed by atoms with van der Waals surface area (Å²) in [4.78, 5) is 12.0. The van der Waals surface area contributed by atoms with Crippen LogP contribution in [0.15, 0.2) is 22.7 Å². The van der Waals surface area contributed by atoms with Gasteiger partial charge in [-0.3, -0.25) is 4.79 Å². The Balaban J connectivity index is 2.01. The summed E-state index contributed by atoms with van der Waals surface area (Å²) in [7, 11) is 0. The van der Waals surface area contributed by atoms with Gasteiger partial charge in [-0.1, -0.05) is 6.92 Å². The number of carbonyl (C=O) groups is 1. The minimum Gasteiger partial charge on any atom is -0.380 e. The van der Waals surface area contributed by atoms with Gasteiger partial charge >= 0.3 is 0 Å². The number of nitrogens with one attached hydrogen (secondary N) is 1. The first kappa shape index (κ1) is 13.3. The molecule has 92 valence electrons. The molecule has 1 aromatic carbocycles. The van der Waals surface area contributed by atoms with Gasteiger partial charge < -0.3 is 10.1 Å². The molecular formula is C12H13BrINO2. The molecule has 2 rings (SSSR count). The normalized spacial score (nSPS) is 17.4. The van der Waals surface area contributed by atoms with Crippen LogP contribution in [0.3, 0.4) is 0 Å². The molecule has 5 heteroatoms. The van der Waals surface area contributed by atoms with E-state index in [-0.39, 0.29) is 11.3 Å². The fraction of sp³-hybridized carbons (Fsp3) is 0.417. The Morgan fingerprint density at radius 1 is 1.59 bits per heavy atom. The predicted octanol–water partition coefficient (Wildman–Crippen LogP) is 2.82. The second-order valence-corrected chi connectivity index (χ2v) is 6.71. The van der Waals surface area contributed by atoms with E-state index in [9.17, 15) is 4.79 Å². The van der Waals surface area contributed by atoms with Gasteiger partial charge in [0.05, 0.1) is 18.8 Å². The summed E-state index contributed by atoms with van der Waals surface area (Å²) in [6, 6.07) is 5.73. The fourth-order valence-corrected chi connectivity index (χ4v) is 2.53. The molecule has 1 heterocycles. The summed E-state index contributed by atoms with van der Waals surface area (Å²) in [6.07, 6.45) is 0. The highest BCUT2D eigenvalue weighted by Gasteiger charge is 2.33. The minimum absolute atomic E-state index is 0.0384. The van der Waals surface area contributed by atoms with E-state index in [4.69, 9.17) is 4.74 Å². The zero-order valence-electron chi connectivity index (χ0n) is 9.43. The van der Waals surface area contributed by atoms with Gasteiger partial charge in [-0.25, -0.2) is 0 Å². The minimum atomic E-state index is -0.0384. The number of halogens is 2. The number of amides is 1. The second-order valence-electron chi connectivity index (χ2n) is 4.61. The van der Waals surface area contributed by atoms with E-state index in [1.54, 1.807) is 0 Å². The van der Waals surface area contributed by atoms with Gasteiger partial charge in [-0.05, 0) is 56.7 Å². The van der Waals surface area contributed by atoms with Gasteiger partial charge in [-0.2, -0.15) is 0 Å². The number of hydrogen-bond acceptors (Lipinski definition) is 2. The average Bonchev–Trinajstić information content (AvgIpc) is 2.26. The molecule has 0 spiro atoms. The van der Waals surface area contributed by atoms with Crippen molar-refractivity contribution in [3.05, 3.63) is 31.8 Å². The molecule has 0 atom stereocenters. The van der Waals surface area contributed by atoms with E-state index in [1.807, 2.05) is 18.2 Å². The summed E-state index contributed by atoms with van der Waals surface area (Å²) >= 11 is 5.59. The largest absolute Gasteiger partial charge is 0.380 e. The van der Waals surface area contributed by atoms with Crippen molar-refractivity contribution in [2.24, 2.45) is 5.41 Å². The second kappa shape index (κ2) is 5.24. The smallest absolute Gasteiger partial charge is 0.252 e. The van der Waals surface area contributed by atoms with Crippen molar-refractivity contribution in [1.82, 2.24) is 5.32 Å². The van der Waals surface area contributed by atoms with Crippen LogP contribution in [-0.2, 0) is 4.74 Å². The van der Waals surface area contributed by atoms with Crippen LogP contribution in [0.5, 0.6) is 0 Å². The lowest BCUT2D eigenvalue weighted by molar-refractivity contribution is -0.0978. The molecule has 0 saturated carbocycles. The molecule has 0 aliphatic carbocycles. The summed E-state index contributed by atoms with van der Waals surface area (Å²) in [5.41, 5.74) is 0.783. The quantitative estimate of drug-likeness (QED) is 0.779. The molecule has 1 N–H and O–H groups in total. The molecule has 17 heavy (non-hydrogen) atoms. The maximum atomic E-state index is 12.0.